The Balaban J connectivity index is 1.66. The lowest BCUT2D eigenvalue weighted by molar-refractivity contribution is -0.120. The standard InChI is InChI=1S/C18H22N4O3/c1-12-15(9-16(23)20-10-13-3-2-8-25-11-13)18(24)22-17(21-12)14-4-6-19-7-5-14/h4-7,13H,2-3,8-11H2,1H3,(H,20,23)(H,21,22,24)/t13-/m0/s1. The Morgan fingerprint density at radius 1 is 1.40 bits per heavy atom. The average Bonchev–Trinajstić information content (AvgIpc) is 2.64. The number of hydrogen-bond acceptors (Lipinski definition) is 5. The van der Waals surface area contributed by atoms with Crippen LogP contribution in [0.1, 0.15) is 24.1 Å². The van der Waals surface area contributed by atoms with E-state index in [0.717, 1.165) is 25.0 Å². The molecule has 2 aromatic rings. The van der Waals surface area contributed by atoms with Crippen LogP contribution >= 0.6 is 0 Å². The molecule has 7 nitrogen and oxygen atoms in total. The molecule has 2 N–H and O–H groups in total. The number of H-pyrrole nitrogens is 1. The zero-order valence-corrected chi connectivity index (χ0v) is 14.2. The summed E-state index contributed by atoms with van der Waals surface area (Å²) in [6, 6.07) is 3.55. The number of rotatable bonds is 5. The van der Waals surface area contributed by atoms with E-state index in [4.69, 9.17) is 4.74 Å². The van der Waals surface area contributed by atoms with Crippen molar-refractivity contribution in [2.45, 2.75) is 26.2 Å². The van der Waals surface area contributed by atoms with Gasteiger partial charge in [-0.25, -0.2) is 4.98 Å². The van der Waals surface area contributed by atoms with E-state index in [9.17, 15) is 9.59 Å². The highest BCUT2D eigenvalue weighted by molar-refractivity contribution is 5.78. The molecule has 1 amide bonds. The predicted molar refractivity (Wildman–Crippen MR) is 93.1 cm³/mol. The Morgan fingerprint density at radius 2 is 2.20 bits per heavy atom. The van der Waals surface area contributed by atoms with Crippen LogP contribution < -0.4 is 10.9 Å². The zero-order chi connectivity index (χ0) is 17.6. The zero-order valence-electron chi connectivity index (χ0n) is 14.2. The highest BCUT2D eigenvalue weighted by atomic mass is 16.5. The van der Waals surface area contributed by atoms with Crippen LogP contribution in [0.25, 0.3) is 11.4 Å². The van der Waals surface area contributed by atoms with Gasteiger partial charge in [0, 0.05) is 42.4 Å². The second-order valence-corrected chi connectivity index (χ2v) is 6.28. The summed E-state index contributed by atoms with van der Waals surface area (Å²) in [6.45, 7) is 3.81. The number of aromatic nitrogens is 3. The van der Waals surface area contributed by atoms with Crippen LogP contribution in [0.3, 0.4) is 0 Å². The molecule has 1 fully saturated rings. The Bertz CT molecular complexity index is 783. The number of amides is 1. The van der Waals surface area contributed by atoms with Crippen LogP contribution in [-0.4, -0.2) is 40.6 Å². The molecule has 25 heavy (non-hydrogen) atoms. The van der Waals surface area contributed by atoms with Gasteiger partial charge in [-0.05, 0) is 37.8 Å². The molecule has 3 rings (SSSR count). The summed E-state index contributed by atoms with van der Waals surface area (Å²) >= 11 is 0. The third-order valence-electron chi connectivity index (χ3n) is 4.36. The summed E-state index contributed by atoms with van der Waals surface area (Å²) in [6.07, 6.45) is 5.39. The normalized spacial score (nSPS) is 17.2. The van der Waals surface area contributed by atoms with Crippen molar-refractivity contribution in [3.8, 4) is 11.4 Å². The van der Waals surface area contributed by atoms with Gasteiger partial charge in [-0.1, -0.05) is 0 Å². The summed E-state index contributed by atoms with van der Waals surface area (Å²) in [5, 5.41) is 2.89. The lowest BCUT2D eigenvalue weighted by atomic mass is 10.0. The average molecular weight is 342 g/mol. The Kier molecular flexibility index (Phi) is 5.55. The first-order valence-electron chi connectivity index (χ1n) is 8.48. The van der Waals surface area contributed by atoms with E-state index in [2.05, 4.69) is 20.3 Å². The lowest BCUT2D eigenvalue weighted by Crippen LogP contribution is -2.35. The second kappa shape index (κ2) is 8.02. The topological polar surface area (TPSA) is 97.0 Å². The van der Waals surface area contributed by atoms with Crippen molar-refractivity contribution >= 4 is 5.91 Å². The monoisotopic (exact) mass is 342 g/mol. The van der Waals surface area contributed by atoms with Crippen LogP contribution in [0.4, 0.5) is 0 Å². The molecule has 0 spiro atoms. The second-order valence-electron chi connectivity index (χ2n) is 6.28. The largest absolute Gasteiger partial charge is 0.381 e. The molecular weight excluding hydrogens is 320 g/mol. The maximum atomic E-state index is 12.4. The number of ether oxygens (including phenoxy) is 1. The molecule has 0 aromatic carbocycles. The fraction of sp³-hybridized carbons (Fsp3) is 0.444. The van der Waals surface area contributed by atoms with Crippen molar-refractivity contribution < 1.29 is 9.53 Å². The van der Waals surface area contributed by atoms with Crippen molar-refractivity contribution in [2.75, 3.05) is 19.8 Å². The van der Waals surface area contributed by atoms with Gasteiger partial charge in [0.2, 0.25) is 5.91 Å². The molecule has 132 valence electrons. The van der Waals surface area contributed by atoms with Gasteiger partial charge in [-0.15, -0.1) is 0 Å². The van der Waals surface area contributed by atoms with Gasteiger partial charge in [0.15, 0.2) is 0 Å². The van der Waals surface area contributed by atoms with Crippen molar-refractivity contribution in [1.29, 1.82) is 0 Å². The van der Waals surface area contributed by atoms with Crippen LogP contribution in [-0.2, 0) is 16.0 Å². The van der Waals surface area contributed by atoms with E-state index in [0.29, 0.717) is 36.2 Å². The highest BCUT2D eigenvalue weighted by Gasteiger charge is 2.17. The third-order valence-corrected chi connectivity index (χ3v) is 4.36. The number of carbonyl (C=O) groups is 1. The molecule has 0 aliphatic carbocycles. The van der Waals surface area contributed by atoms with Crippen LogP contribution in [0.2, 0.25) is 0 Å². The lowest BCUT2D eigenvalue weighted by Gasteiger charge is -2.22. The minimum Gasteiger partial charge on any atom is -0.381 e. The molecule has 0 radical (unpaired) electrons. The molecule has 1 atom stereocenters. The minimum atomic E-state index is -0.282. The number of hydrogen-bond donors (Lipinski definition) is 2. The van der Waals surface area contributed by atoms with Gasteiger partial charge in [-0.2, -0.15) is 0 Å². The SMILES string of the molecule is Cc1nc(-c2ccncc2)[nH]c(=O)c1CC(=O)NC[C@@H]1CCCOC1. The Hall–Kier alpha value is -2.54. The molecule has 3 heterocycles. The molecule has 0 bridgehead atoms. The number of nitrogens with zero attached hydrogens (tertiary/aromatic N) is 2. The molecule has 1 saturated heterocycles. The van der Waals surface area contributed by atoms with E-state index >= 15 is 0 Å². The number of aromatic amines is 1. The fourth-order valence-electron chi connectivity index (χ4n) is 2.91. The van der Waals surface area contributed by atoms with Gasteiger partial charge < -0.3 is 15.0 Å². The van der Waals surface area contributed by atoms with Gasteiger partial charge >= 0.3 is 0 Å². The molecule has 0 saturated carbocycles. The van der Waals surface area contributed by atoms with E-state index in [1.165, 1.54) is 0 Å². The quantitative estimate of drug-likeness (QED) is 0.852. The fourth-order valence-corrected chi connectivity index (χ4v) is 2.91. The molecule has 7 heteroatoms. The molecule has 2 aromatic heterocycles. The van der Waals surface area contributed by atoms with Gasteiger partial charge in [-0.3, -0.25) is 14.6 Å². The van der Waals surface area contributed by atoms with Gasteiger partial charge in [0.05, 0.1) is 13.0 Å². The van der Waals surface area contributed by atoms with E-state index < -0.39 is 0 Å². The van der Waals surface area contributed by atoms with Gasteiger partial charge in [0.1, 0.15) is 5.82 Å². The number of nitrogens with one attached hydrogen (secondary N) is 2. The van der Waals surface area contributed by atoms with Crippen LogP contribution in [0.15, 0.2) is 29.3 Å². The maximum Gasteiger partial charge on any atom is 0.255 e. The molecule has 1 aliphatic heterocycles. The third kappa shape index (κ3) is 4.51. The van der Waals surface area contributed by atoms with Gasteiger partial charge in [0.25, 0.3) is 5.56 Å². The molecule has 1 aliphatic rings. The summed E-state index contributed by atoms with van der Waals surface area (Å²) in [4.78, 5) is 35.7. The highest BCUT2D eigenvalue weighted by Crippen LogP contribution is 2.14. The van der Waals surface area contributed by atoms with Crippen molar-refractivity contribution in [2.24, 2.45) is 5.92 Å². The molecule has 0 unspecified atom stereocenters. The number of pyridine rings is 1. The van der Waals surface area contributed by atoms with E-state index in [1.54, 1.807) is 31.5 Å². The number of aryl methyl sites for hydroxylation is 1. The first-order chi connectivity index (χ1) is 12.1. The van der Waals surface area contributed by atoms with Crippen molar-refractivity contribution in [3.63, 3.8) is 0 Å². The first kappa shape index (κ1) is 17.3. The maximum absolute atomic E-state index is 12.4. The number of carbonyl (C=O) groups excluding carboxylic acids is 1. The Labute approximate surface area is 145 Å². The van der Waals surface area contributed by atoms with E-state index in [-0.39, 0.29) is 17.9 Å². The minimum absolute atomic E-state index is 0.0262. The predicted octanol–water partition coefficient (Wildman–Crippen LogP) is 1.23. The smallest absolute Gasteiger partial charge is 0.255 e. The van der Waals surface area contributed by atoms with Crippen molar-refractivity contribution in [1.82, 2.24) is 20.3 Å². The summed E-state index contributed by atoms with van der Waals surface area (Å²) in [5.74, 6) is 0.662. The molecular formula is C18H22N4O3. The van der Waals surface area contributed by atoms with Crippen LogP contribution in [0, 0.1) is 12.8 Å². The summed E-state index contributed by atoms with van der Waals surface area (Å²) in [7, 11) is 0. The van der Waals surface area contributed by atoms with E-state index in [1.807, 2.05) is 0 Å². The van der Waals surface area contributed by atoms with Crippen LogP contribution in [0.5, 0.6) is 0 Å². The Morgan fingerprint density at radius 3 is 2.88 bits per heavy atom. The summed E-state index contributed by atoms with van der Waals surface area (Å²) in [5.41, 5.74) is 1.46. The first-order valence-corrected chi connectivity index (χ1v) is 8.48. The summed E-state index contributed by atoms with van der Waals surface area (Å²) < 4.78 is 5.41. The van der Waals surface area contributed by atoms with Crippen molar-refractivity contribution in [3.05, 3.63) is 46.1 Å².